The summed E-state index contributed by atoms with van der Waals surface area (Å²) < 4.78 is 14.7. The number of anilines is 1. The van der Waals surface area contributed by atoms with Gasteiger partial charge in [0, 0.05) is 11.5 Å². The van der Waals surface area contributed by atoms with Crippen molar-refractivity contribution in [2.75, 3.05) is 11.9 Å². The molecule has 3 aromatic carbocycles. The first-order chi connectivity index (χ1) is 20.2. The number of benzene rings is 3. The van der Waals surface area contributed by atoms with E-state index < -0.39 is 0 Å². The molecule has 0 radical (unpaired) electrons. The van der Waals surface area contributed by atoms with Crippen LogP contribution in [0.1, 0.15) is 33.9 Å². The summed E-state index contributed by atoms with van der Waals surface area (Å²) in [4.78, 5) is 26.2. The number of amides is 1. The van der Waals surface area contributed by atoms with Gasteiger partial charge in [0.1, 0.15) is 6.33 Å². The molecular formula is C33H31N5O3. The average molecular weight is 546 g/mol. The van der Waals surface area contributed by atoms with Crippen molar-refractivity contribution in [1.82, 2.24) is 19.5 Å². The van der Waals surface area contributed by atoms with Gasteiger partial charge in [-0.25, -0.2) is 15.0 Å². The van der Waals surface area contributed by atoms with Crippen molar-refractivity contribution in [2.45, 2.75) is 31.8 Å². The van der Waals surface area contributed by atoms with Gasteiger partial charge in [-0.05, 0) is 35.3 Å². The Morgan fingerprint density at radius 3 is 2.24 bits per heavy atom. The van der Waals surface area contributed by atoms with E-state index in [0.717, 1.165) is 23.1 Å². The highest BCUT2D eigenvalue weighted by Crippen LogP contribution is 2.42. The van der Waals surface area contributed by atoms with E-state index in [-0.39, 0.29) is 24.0 Å². The number of rotatable bonds is 10. The van der Waals surface area contributed by atoms with Crippen LogP contribution in [0.3, 0.4) is 0 Å². The van der Waals surface area contributed by atoms with Gasteiger partial charge in [0.05, 0.1) is 38.3 Å². The molecule has 0 aliphatic heterocycles. The van der Waals surface area contributed by atoms with Gasteiger partial charge in [-0.1, -0.05) is 85.4 Å². The number of aromatic nitrogens is 4. The highest BCUT2D eigenvalue weighted by Gasteiger charge is 2.40. The summed E-state index contributed by atoms with van der Waals surface area (Å²) >= 11 is 0. The van der Waals surface area contributed by atoms with E-state index in [1.165, 1.54) is 6.33 Å². The summed E-state index contributed by atoms with van der Waals surface area (Å²) in [6, 6.07) is 29.2. The van der Waals surface area contributed by atoms with E-state index in [9.17, 15) is 4.79 Å². The monoisotopic (exact) mass is 545 g/mol. The van der Waals surface area contributed by atoms with Gasteiger partial charge in [0.25, 0.3) is 5.91 Å². The van der Waals surface area contributed by atoms with Gasteiger partial charge < -0.3 is 19.4 Å². The number of hydrogen-bond donors (Lipinski definition) is 1. The molecule has 1 aliphatic carbocycles. The van der Waals surface area contributed by atoms with Gasteiger partial charge in [0.2, 0.25) is 0 Å². The van der Waals surface area contributed by atoms with Crippen LogP contribution >= 0.6 is 0 Å². The Hall–Kier alpha value is -4.66. The minimum absolute atomic E-state index is 0.0939. The molecule has 1 fully saturated rings. The van der Waals surface area contributed by atoms with Gasteiger partial charge >= 0.3 is 0 Å². The number of carbonyl (C=O) groups is 1. The molecule has 8 nitrogen and oxygen atoms in total. The van der Waals surface area contributed by atoms with Crippen LogP contribution in [0.5, 0.6) is 0 Å². The van der Waals surface area contributed by atoms with Crippen LogP contribution in [0.25, 0.3) is 11.2 Å². The minimum atomic E-state index is -0.254. The number of hydrogen-bond acceptors (Lipinski definition) is 6. The van der Waals surface area contributed by atoms with Crippen LogP contribution < -0.4 is 5.32 Å². The maximum Gasteiger partial charge on any atom is 0.256 e. The first-order valence-electron chi connectivity index (χ1n) is 13.7. The van der Waals surface area contributed by atoms with E-state index in [4.69, 9.17) is 9.47 Å². The molecule has 3 unspecified atom stereocenters. The van der Waals surface area contributed by atoms with Crippen molar-refractivity contribution in [3.63, 3.8) is 0 Å². The van der Waals surface area contributed by atoms with E-state index in [1.807, 2.05) is 59.2 Å². The van der Waals surface area contributed by atoms with Crippen LogP contribution in [-0.4, -0.2) is 38.1 Å². The molecule has 1 saturated carbocycles. The third-order valence-corrected chi connectivity index (χ3v) is 7.43. The van der Waals surface area contributed by atoms with E-state index in [2.05, 4.69) is 51.1 Å². The highest BCUT2D eigenvalue weighted by molar-refractivity contribution is 6.06. The highest BCUT2D eigenvalue weighted by atomic mass is 16.5. The fraction of sp³-hybridized carbons (Fsp3) is 0.212. The molecule has 0 saturated heterocycles. The Bertz CT molecular complexity index is 1620. The summed E-state index contributed by atoms with van der Waals surface area (Å²) in [6.07, 6.45) is 3.75. The maximum absolute atomic E-state index is 12.8. The normalized spacial score (nSPS) is 18.5. The van der Waals surface area contributed by atoms with Crippen LogP contribution in [0.15, 0.2) is 116 Å². The molecule has 3 atom stereocenters. The van der Waals surface area contributed by atoms with Gasteiger partial charge in [-0.2, -0.15) is 0 Å². The Morgan fingerprint density at radius 1 is 0.878 bits per heavy atom. The second kappa shape index (κ2) is 12.2. The Balaban J connectivity index is 1.22. The van der Waals surface area contributed by atoms with Crippen LogP contribution in [0.2, 0.25) is 0 Å². The fourth-order valence-electron chi connectivity index (χ4n) is 5.35. The fourth-order valence-corrected chi connectivity index (χ4v) is 5.35. The topological polar surface area (TPSA) is 91.2 Å². The lowest BCUT2D eigenvalue weighted by Crippen LogP contribution is -2.24. The second-order valence-electron chi connectivity index (χ2n) is 10.2. The summed E-state index contributed by atoms with van der Waals surface area (Å²) in [5, 5.41) is 2.88. The van der Waals surface area contributed by atoms with Crippen LogP contribution in [0, 0.1) is 5.92 Å². The molecule has 8 heteroatoms. The van der Waals surface area contributed by atoms with Crippen molar-refractivity contribution in [1.29, 1.82) is 0 Å². The Kier molecular flexibility index (Phi) is 7.93. The molecule has 1 N–H and O–H groups in total. The predicted octanol–water partition coefficient (Wildman–Crippen LogP) is 6.00. The van der Waals surface area contributed by atoms with Crippen molar-refractivity contribution < 1.29 is 14.3 Å². The van der Waals surface area contributed by atoms with Crippen LogP contribution in [-0.2, 0) is 22.7 Å². The summed E-state index contributed by atoms with van der Waals surface area (Å²) in [7, 11) is 0. The number of fused-ring (bicyclic) bond motifs is 1. The average Bonchev–Trinajstić information content (AvgIpc) is 3.58. The summed E-state index contributed by atoms with van der Waals surface area (Å²) in [5.41, 5.74) is 4.87. The standard InChI is InChI=1S/C33H31N5O3/c1-23-28(38-22-36-29-31(34-21-35-32(29)38)37-33(39)26-15-9-4-10-16-26)17-27(20-40-18-24-11-5-2-6-12-24)30(23)41-19-25-13-7-3-8-14-25/h2-16,21-22,27-28,30H,1,17-20H2,(H,34,35,37,39). The van der Waals surface area contributed by atoms with Crippen molar-refractivity contribution in [3.8, 4) is 0 Å². The molecule has 2 aromatic heterocycles. The number of nitrogens with zero attached hydrogens (tertiary/aromatic N) is 4. The first kappa shape index (κ1) is 26.6. The number of nitrogens with one attached hydrogen (secondary N) is 1. The molecule has 206 valence electrons. The lowest BCUT2D eigenvalue weighted by Gasteiger charge is -2.21. The lowest BCUT2D eigenvalue weighted by molar-refractivity contribution is -0.00364. The Morgan fingerprint density at radius 2 is 1.54 bits per heavy atom. The molecular weight excluding hydrogens is 514 g/mol. The van der Waals surface area contributed by atoms with Gasteiger partial charge in [0.15, 0.2) is 17.0 Å². The predicted molar refractivity (Wildman–Crippen MR) is 157 cm³/mol. The molecule has 5 aromatic rings. The second-order valence-corrected chi connectivity index (χ2v) is 10.2. The smallest absolute Gasteiger partial charge is 0.256 e. The van der Waals surface area contributed by atoms with E-state index >= 15 is 0 Å². The number of carbonyl (C=O) groups excluding carboxylic acids is 1. The van der Waals surface area contributed by atoms with Gasteiger partial charge in [-0.3, -0.25) is 4.79 Å². The molecule has 2 heterocycles. The zero-order valence-electron chi connectivity index (χ0n) is 22.6. The zero-order chi connectivity index (χ0) is 28.0. The maximum atomic E-state index is 12.8. The SMILES string of the molecule is C=C1C(OCc2ccccc2)C(COCc2ccccc2)CC1n1cnc2c(NC(=O)c3ccccc3)ncnc21. The third kappa shape index (κ3) is 5.94. The van der Waals surface area contributed by atoms with Crippen molar-refractivity contribution in [3.05, 3.63) is 132 Å². The lowest BCUT2D eigenvalue weighted by atomic mass is 10.1. The van der Waals surface area contributed by atoms with E-state index in [1.54, 1.807) is 18.5 Å². The molecule has 0 bridgehead atoms. The third-order valence-electron chi connectivity index (χ3n) is 7.43. The molecule has 1 aliphatic rings. The molecule has 41 heavy (non-hydrogen) atoms. The minimum Gasteiger partial charge on any atom is -0.376 e. The molecule has 6 rings (SSSR count). The van der Waals surface area contributed by atoms with Crippen molar-refractivity contribution in [2.24, 2.45) is 5.92 Å². The summed E-state index contributed by atoms with van der Waals surface area (Å²) in [5.74, 6) is 0.206. The largest absolute Gasteiger partial charge is 0.376 e. The Labute approximate surface area is 238 Å². The summed E-state index contributed by atoms with van der Waals surface area (Å²) in [6.45, 7) is 6.02. The molecule has 1 amide bonds. The zero-order valence-corrected chi connectivity index (χ0v) is 22.6. The van der Waals surface area contributed by atoms with E-state index in [0.29, 0.717) is 42.4 Å². The quantitative estimate of drug-likeness (QED) is 0.217. The first-order valence-corrected chi connectivity index (χ1v) is 13.7. The number of imidazole rings is 1. The van der Waals surface area contributed by atoms with Crippen LogP contribution in [0.4, 0.5) is 5.82 Å². The van der Waals surface area contributed by atoms with Gasteiger partial charge in [-0.15, -0.1) is 0 Å². The van der Waals surface area contributed by atoms with Crippen molar-refractivity contribution >= 4 is 22.9 Å². The molecule has 0 spiro atoms. The number of ether oxygens (including phenoxy) is 2.